The van der Waals surface area contributed by atoms with E-state index >= 15 is 0 Å². The molecule has 2 rings (SSSR count). The van der Waals surface area contributed by atoms with Gasteiger partial charge in [-0.15, -0.1) is 0 Å². The number of hydrogen-bond donors (Lipinski definition) is 2. The van der Waals surface area contributed by atoms with Gasteiger partial charge in [0.05, 0.1) is 0 Å². The molecule has 0 aromatic heterocycles. The van der Waals surface area contributed by atoms with Crippen molar-refractivity contribution in [1.29, 1.82) is 0 Å². The summed E-state index contributed by atoms with van der Waals surface area (Å²) in [5, 5.41) is 13.6. The molecule has 4 nitrogen and oxygen atoms in total. The monoisotopic (exact) mass is 294 g/mol. The van der Waals surface area contributed by atoms with Gasteiger partial charge in [-0.1, -0.05) is 25.1 Å². The number of carbonyl (C=O) groups excluding carboxylic acids is 1. The molecule has 5 heteroatoms. The third-order valence-corrected chi connectivity index (χ3v) is 3.87. The van der Waals surface area contributed by atoms with Gasteiger partial charge < -0.3 is 15.3 Å². The summed E-state index contributed by atoms with van der Waals surface area (Å²) in [6.45, 7) is 3.82. The predicted molar refractivity (Wildman–Crippen MR) is 79.2 cm³/mol. The van der Waals surface area contributed by atoms with Gasteiger partial charge in [0.2, 0.25) is 0 Å². The third kappa shape index (κ3) is 3.80. The summed E-state index contributed by atoms with van der Waals surface area (Å²) in [5.41, 5.74) is -0.879. The van der Waals surface area contributed by atoms with E-state index in [9.17, 15) is 14.3 Å². The van der Waals surface area contributed by atoms with Gasteiger partial charge in [0, 0.05) is 25.2 Å². The quantitative estimate of drug-likeness (QED) is 0.785. The Morgan fingerprint density at radius 2 is 2.19 bits per heavy atom. The van der Waals surface area contributed by atoms with Crippen LogP contribution in [0.4, 0.5) is 4.39 Å². The van der Waals surface area contributed by atoms with Crippen LogP contribution in [0.3, 0.4) is 0 Å². The van der Waals surface area contributed by atoms with E-state index in [4.69, 9.17) is 0 Å². The maximum Gasteiger partial charge on any atom is 0.256 e. The Morgan fingerprint density at radius 1 is 1.43 bits per heavy atom. The first-order valence-corrected chi connectivity index (χ1v) is 7.52. The zero-order valence-corrected chi connectivity index (χ0v) is 12.4. The molecule has 1 aliphatic heterocycles. The smallest absolute Gasteiger partial charge is 0.256 e. The summed E-state index contributed by atoms with van der Waals surface area (Å²) in [6.07, 6.45) is 2.13. The second-order valence-corrected chi connectivity index (χ2v) is 5.63. The predicted octanol–water partition coefficient (Wildman–Crippen LogP) is 1.68. The molecule has 0 spiro atoms. The van der Waals surface area contributed by atoms with Crippen LogP contribution in [0.15, 0.2) is 24.3 Å². The highest BCUT2D eigenvalue weighted by molar-refractivity contribution is 5.86. The van der Waals surface area contributed by atoms with Crippen molar-refractivity contribution in [1.82, 2.24) is 10.2 Å². The van der Waals surface area contributed by atoms with Gasteiger partial charge in [0.1, 0.15) is 5.82 Å². The molecule has 1 saturated heterocycles. The van der Waals surface area contributed by atoms with Crippen molar-refractivity contribution in [3.8, 4) is 0 Å². The molecule has 116 valence electrons. The summed E-state index contributed by atoms with van der Waals surface area (Å²) in [6, 6.07) is 6.44. The summed E-state index contributed by atoms with van der Waals surface area (Å²) in [7, 11) is 0. The lowest BCUT2D eigenvalue weighted by molar-refractivity contribution is -0.157. The van der Waals surface area contributed by atoms with Crippen LogP contribution in [0.1, 0.15) is 31.7 Å². The molecule has 2 N–H and O–H groups in total. The Balaban J connectivity index is 2.04. The first-order valence-electron chi connectivity index (χ1n) is 7.52. The van der Waals surface area contributed by atoms with E-state index in [1.54, 1.807) is 23.1 Å². The van der Waals surface area contributed by atoms with Gasteiger partial charge in [-0.2, -0.15) is 0 Å². The fourth-order valence-electron chi connectivity index (χ4n) is 2.68. The topological polar surface area (TPSA) is 52.6 Å². The minimum atomic E-state index is -1.36. The molecule has 1 amide bonds. The summed E-state index contributed by atoms with van der Waals surface area (Å²) >= 11 is 0. The van der Waals surface area contributed by atoms with E-state index in [1.165, 1.54) is 6.07 Å². The van der Waals surface area contributed by atoms with Gasteiger partial charge in [-0.3, -0.25) is 4.79 Å². The lowest BCUT2D eigenvalue weighted by Crippen LogP contribution is -2.57. The Labute approximate surface area is 125 Å². The van der Waals surface area contributed by atoms with Crippen LogP contribution in [0, 0.1) is 5.82 Å². The Hall–Kier alpha value is -1.46. The number of hydrogen-bond acceptors (Lipinski definition) is 3. The van der Waals surface area contributed by atoms with Crippen molar-refractivity contribution in [3.05, 3.63) is 35.6 Å². The molecular formula is C16H23FN2O2. The van der Waals surface area contributed by atoms with Crippen LogP contribution < -0.4 is 5.32 Å². The van der Waals surface area contributed by atoms with Crippen LogP contribution >= 0.6 is 0 Å². The molecule has 0 aliphatic carbocycles. The van der Waals surface area contributed by atoms with Gasteiger partial charge in [-0.05, 0) is 31.9 Å². The van der Waals surface area contributed by atoms with Crippen molar-refractivity contribution >= 4 is 5.91 Å². The Morgan fingerprint density at radius 3 is 2.90 bits per heavy atom. The minimum absolute atomic E-state index is 0.210. The number of likely N-dealkylation sites (tertiary alicyclic amines) is 1. The largest absolute Gasteiger partial charge is 0.379 e. The number of benzene rings is 1. The van der Waals surface area contributed by atoms with E-state index in [-0.39, 0.29) is 24.8 Å². The van der Waals surface area contributed by atoms with E-state index in [0.29, 0.717) is 18.5 Å². The van der Waals surface area contributed by atoms with E-state index in [0.717, 1.165) is 19.4 Å². The molecule has 21 heavy (non-hydrogen) atoms. The number of nitrogens with zero attached hydrogens (tertiary/aromatic N) is 1. The standard InChI is InChI=1S/C16H23FN2O2/c1-2-9-18-12-16(21)8-5-10-19(15(16)20)11-13-6-3-4-7-14(13)17/h3-4,6-7,18,21H,2,5,8-12H2,1H3/t16-/m1/s1. The molecule has 0 bridgehead atoms. The fraction of sp³-hybridized carbons (Fsp3) is 0.562. The molecule has 0 unspecified atom stereocenters. The molecule has 0 radical (unpaired) electrons. The minimum Gasteiger partial charge on any atom is -0.379 e. The molecule has 1 aliphatic rings. The van der Waals surface area contributed by atoms with Crippen LogP contribution in [-0.4, -0.2) is 41.1 Å². The molecule has 1 aromatic carbocycles. The number of rotatable bonds is 6. The second-order valence-electron chi connectivity index (χ2n) is 5.63. The number of carbonyl (C=O) groups is 1. The zero-order valence-electron chi connectivity index (χ0n) is 12.4. The van der Waals surface area contributed by atoms with Crippen LogP contribution in [0.5, 0.6) is 0 Å². The van der Waals surface area contributed by atoms with E-state index in [2.05, 4.69) is 5.32 Å². The van der Waals surface area contributed by atoms with Gasteiger partial charge in [0.15, 0.2) is 5.60 Å². The summed E-state index contributed by atoms with van der Waals surface area (Å²) < 4.78 is 13.7. The first-order chi connectivity index (χ1) is 10.1. The Bertz CT molecular complexity index is 495. The normalized spacial score (nSPS) is 22.6. The molecule has 1 atom stereocenters. The second kappa shape index (κ2) is 7.00. The van der Waals surface area contributed by atoms with Crippen molar-refractivity contribution in [3.63, 3.8) is 0 Å². The van der Waals surface area contributed by atoms with Crippen molar-refractivity contribution in [2.24, 2.45) is 0 Å². The number of amides is 1. The van der Waals surface area contributed by atoms with Gasteiger partial charge in [-0.25, -0.2) is 4.39 Å². The van der Waals surface area contributed by atoms with E-state index in [1.807, 2.05) is 6.92 Å². The van der Waals surface area contributed by atoms with Crippen molar-refractivity contribution < 1.29 is 14.3 Å². The average Bonchev–Trinajstić information content (AvgIpc) is 2.47. The fourth-order valence-corrected chi connectivity index (χ4v) is 2.68. The molecule has 0 saturated carbocycles. The van der Waals surface area contributed by atoms with Gasteiger partial charge >= 0.3 is 0 Å². The van der Waals surface area contributed by atoms with Crippen LogP contribution in [-0.2, 0) is 11.3 Å². The number of halogens is 1. The maximum atomic E-state index is 13.7. The maximum absolute atomic E-state index is 13.7. The third-order valence-electron chi connectivity index (χ3n) is 3.87. The molecule has 1 fully saturated rings. The number of piperidine rings is 1. The summed E-state index contributed by atoms with van der Waals surface area (Å²) in [5.74, 6) is -0.621. The highest BCUT2D eigenvalue weighted by Crippen LogP contribution is 2.24. The van der Waals surface area contributed by atoms with E-state index < -0.39 is 5.60 Å². The van der Waals surface area contributed by atoms with Crippen molar-refractivity contribution in [2.45, 2.75) is 38.3 Å². The van der Waals surface area contributed by atoms with Crippen LogP contribution in [0.2, 0.25) is 0 Å². The SMILES string of the molecule is CCCNC[C@]1(O)CCCN(Cc2ccccc2F)C1=O. The number of aliphatic hydroxyl groups is 1. The molecule has 1 heterocycles. The zero-order chi connectivity index (χ0) is 15.3. The first kappa shape index (κ1) is 15.9. The molecular weight excluding hydrogens is 271 g/mol. The van der Waals surface area contributed by atoms with Gasteiger partial charge in [0.25, 0.3) is 5.91 Å². The highest BCUT2D eigenvalue weighted by Gasteiger charge is 2.41. The van der Waals surface area contributed by atoms with Crippen molar-refractivity contribution in [2.75, 3.05) is 19.6 Å². The summed E-state index contributed by atoms with van der Waals surface area (Å²) in [4.78, 5) is 14.0. The van der Waals surface area contributed by atoms with Crippen LogP contribution in [0.25, 0.3) is 0 Å². The lowest BCUT2D eigenvalue weighted by atomic mass is 9.91. The highest BCUT2D eigenvalue weighted by atomic mass is 19.1. The molecule has 1 aromatic rings. The lowest BCUT2D eigenvalue weighted by Gasteiger charge is -2.38. The number of nitrogens with one attached hydrogen (secondary N) is 1. The average molecular weight is 294 g/mol. The Kier molecular flexibility index (Phi) is 5.31.